The molecule has 0 aliphatic rings. The van der Waals surface area contributed by atoms with Crippen LogP contribution in [0.2, 0.25) is 0 Å². The Kier molecular flexibility index (Phi) is 3.43. The van der Waals surface area contributed by atoms with Crippen LogP contribution in [0.3, 0.4) is 0 Å². The van der Waals surface area contributed by atoms with Gasteiger partial charge in [-0.2, -0.15) is 0 Å². The van der Waals surface area contributed by atoms with E-state index in [-0.39, 0.29) is 0 Å². The van der Waals surface area contributed by atoms with Crippen LogP contribution in [0.25, 0.3) is 11.3 Å². The second-order valence-electron chi connectivity index (χ2n) is 4.59. The topological polar surface area (TPSA) is 68.1 Å². The van der Waals surface area contributed by atoms with Crippen molar-refractivity contribution in [3.05, 3.63) is 72.4 Å². The molecule has 0 saturated heterocycles. The number of nitrogens with one attached hydrogen (secondary N) is 1. The summed E-state index contributed by atoms with van der Waals surface area (Å²) in [5.74, 6) is 1.08. The van der Waals surface area contributed by atoms with Crippen LogP contribution < -0.4 is 10.5 Å². The third-order valence-electron chi connectivity index (χ3n) is 3.10. The summed E-state index contributed by atoms with van der Waals surface area (Å²) in [5.41, 5.74) is 7.43. The summed E-state index contributed by atoms with van der Waals surface area (Å²) in [7, 11) is 0. The van der Waals surface area contributed by atoms with E-state index in [4.69, 9.17) is 10.5 Å². The third kappa shape index (κ3) is 2.95. The molecular weight excluding hydrogens is 264 g/mol. The molecule has 3 aromatic rings. The lowest BCUT2D eigenvalue weighted by atomic mass is 10.1. The van der Waals surface area contributed by atoms with Crippen molar-refractivity contribution in [2.45, 2.75) is 0 Å². The standard InChI is InChI=1S/C17H14N2O2/c18-17(20)16-11-10-15(19-16)12-6-8-14(9-7-12)21-13-4-2-1-3-5-13/h1-11,19H,(H2,18,20). The van der Waals surface area contributed by atoms with Gasteiger partial charge >= 0.3 is 0 Å². The second kappa shape index (κ2) is 5.54. The Hall–Kier alpha value is -3.01. The van der Waals surface area contributed by atoms with E-state index in [1.54, 1.807) is 6.07 Å². The predicted octanol–water partition coefficient (Wildman–Crippen LogP) is 3.57. The van der Waals surface area contributed by atoms with Crippen molar-refractivity contribution >= 4 is 5.91 Å². The molecule has 3 rings (SSSR count). The number of carbonyl (C=O) groups excluding carboxylic acids is 1. The van der Waals surface area contributed by atoms with Crippen LogP contribution in [0.1, 0.15) is 10.5 Å². The zero-order valence-electron chi connectivity index (χ0n) is 11.2. The molecule has 0 unspecified atom stereocenters. The molecule has 1 heterocycles. The molecule has 1 aromatic heterocycles. The summed E-state index contributed by atoms with van der Waals surface area (Å²) in [6, 6.07) is 20.7. The van der Waals surface area contributed by atoms with E-state index in [1.165, 1.54) is 0 Å². The molecule has 104 valence electrons. The summed E-state index contributed by atoms with van der Waals surface area (Å²) >= 11 is 0. The van der Waals surface area contributed by atoms with Crippen LogP contribution in [-0.2, 0) is 0 Å². The number of aromatic amines is 1. The molecule has 4 nitrogen and oxygen atoms in total. The number of benzene rings is 2. The molecule has 0 bridgehead atoms. The average Bonchev–Trinajstić information content (AvgIpc) is 2.99. The number of carbonyl (C=O) groups is 1. The first-order valence-electron chi connectivity index (χ1n) is 6.54. The van der Waals surface area contributed by atoms with Crippen molar-refractivity contribution in [1.82, 2.24) is 4.98 Å². The number of primary amides is 1. The minimum atomic E-state index is -0.467. The lowest BCUT2D eigenvalue weighted by Gasteiger charge is -2.06. The number of amides is 1. The van der Waals surface area contributed by atoms with Crippen LogP contribution >= 0.6 is 0 Å². The van der Waals surface area contributed by atoms with Crippen molar-refractivity contribution in [2.24, 2.45) is 5.73 Å². The van der Waals surface area contributed by atoms with Gasteiger partial charge in [-0.3, -0.25) is 4.79 Å². The van der Waals surface area contributed by atoms with Gasteiger partial charge in [0.1, 0.15) is 17.2 Å². The lowest BCUT2D eigenvalue weighted by molar-refractivity contribution is 0.0996. The molecule has 4 heteroatoms. The van der Waals surface area contributed by atoms with Gasteiger partial charge in [0.15, 0.2) is 0 Å². The number of hydrogen-bond acceptors (Lipinski definition) is 2. The normalized spacial score (nSPS) is 10.3. The van der Waals surface area contributed by atoms with Crippen LogP contribution in [0.4, 0.5) is 0 Å². The SMILES string of the molecule is NC(=O)c1ccc(-c2ccc(Oc3ccccc3)cc2)[nH]1. The van der Waals surface area contributed by atoms with E-state index in [1.807, 2.05) is 60.7 Å². The van der Waals surface area contributed by atoms with Crippen LogP contribution in [0.5, 0.6) is 11.5 Å². The van der Waals surface area contributed by atoms with Gasteiger partial charge in [-0.25, -0.2) is 0 Å². The fourth-order valence-corrected chi connectivity index (χ4v) is 2.03. The van der Waals surface area contributed by atoms with Gasteiger partial charge in [-0.1, -0.05) is 18.2 Å². The van der Waals surface area contributed by atoms with Gasteiger partial charge in [0.25, 0.3) is 5.91 Å². The quantitative estimate of drug-likeness (QED) is 0.766. The summed E-state index contributed by atoms with van der Waals surface area (Å²) in [6.07, 6.45) is 0. The molecule has 0 atom stereocenters. The molecule has 0 aliphatic heterocycles. The van der Waals surface area contributed by atoms with Crippen molar-refractivity contribution in [2.75, 3.05) is 0 Å². The maximum atomic E-state index is 11.1. The summed E-state index contributed by atoms with van der Waals surface area (Å²) in [6.45, 7) is 0. The number of hydrogen-bond donors (Lipinski definition) is 2. The maximum absolute atomic E-state index is 11.1. The predicted molar refractivity (Wildman–Crippen MR) is 81.3 cm³/mol. The van der Waals surface area contributed by atoms with E-state index < -0.39 is 5.91 Å². The minimum Gasteiger partial charge on any atom is -0.457 e. The highest BCUT2D eigenvalue weighted by atomic mass is 16.5. The second-order valence-corrected chi connectivity index (χ2v) is 4.59. The van der Waals surface area contributed by atoms with Crippen molar-refractivity contribution in [3.63, 3.8) is 0 Å². The van der Waals surface area contributed by atoms with Crippen molar-refractivity contribution in [3.8, 4) is 22.8 Å². The Morgan fingerprint density at radius 2 is 1.52 bits per heavy atom. The lowest BCUT2D eigenvalue weighted by Crippen LogP contribution is -2.10. The highest BCUT2D eigenvalue weighted by Crippen LogP contribution is 2.25. The van der Waals surface area contributed by atoms with E-state index in [9.17, 15) is 4.79 Å². The highest BCUT2D eigenvalue weighted by molar-refractivity contribution is 5.91. The molecule has 1 amide bonds. The van der Waals surface area contributed by atoms with Gasteiger partial charge < -0.3 is 15.5 Å². The highest BCUT2D eigenvalue weighted by Gasteiger charge is 2.06. The molecule has 3 N–H and O–H groups in total. The first-order valence-corrected chi connectivity index (χ1v) is 6.54. The molecule has 0 radical (unpaired) electrons. The zero-order valence-corrected chi connectivity index (χ0v) is 11.2. The van der Waals surface area contributed by atoms with Crippen LogP contribution in [0.15, 0.2) is 66.7 Å². The molecule has 0 spiro atoms. The first-order chi connectivity index (χ1) is 10.2. The van der Waals surface area contributed by atoms with E-state index in [0.29, 0.717) is 5.69 Å². The number of ether oxygens (including phenoxy) is 1. The van der Waals surface area contributed by atoms with Gasteiger partial charge in [0.05, 0.1) is 0 Å². The van der Waals surface area contributed by atoms with E-state index in [2.05, 4.69) is 4.98 Å². The third-order valence-corrected chi connectivity index (χ3v) is 3.10. The summed E-state index contributed by atoms with van der Waals surface area (Å²) < 4.78 is 5.73. The molecule has 0 fully saturated rings. The van der Waals surface area contributed by atoms with Crippen LogP contribution in [0, 0.1) is 0 Å². The average molecular weight is 278 g/mol. The van der Waals surface area contributed by atoms with Crippen molar-refractivity contribution in [1.29, 1.82) is 0 Å². The van der Waals surface area contributed by atoms with Crippen LogP contribution in [-0.4, -0.2) is 10.9 Å². The number of para-hydroxylation sites is 1. The van der Waals surface area contributed by atoms with Crippen molar-refractivity contribution < 1.29 is 9.53 Å². The summed E-state index contributed by atoms with van der Waals surface area (Å²) in [4.78, 5) is 14.1. The van der Waals surface area contributed by atoms with Gasteiger partial charge in [0, 0.05) is 5.69 Å². The largest absolute Gasteiger partial charge is 0.457 e. The Morgan fingerprint density at radius 1 is 0.857 bits per heavy atom. The van der Waals surface area contributed by atoms with Gasteiger partial charge in [0.2, 0.25) is 0 Å². The zero-order chi connectivity index (χ0) is 14.7. The molecule has 0 saturated carbocycles. The molecule has 0 aliphatic carbocycles. The first kappa shape index (κ1) is 13.0. The van der Waals surface area contributed by atoms with Gasteiger partial charge in [-0.15, -0.1) is 0 Å². The fraction of sp³-hybridized carbons (Fsp3) is 0. The monoisotopic (exact) mass is 278 g/mol. The smallest absolute Gasteiger partial charge is 0.265 e. The van der Waals surface area contributed by atoms with E-state index in [0.717, 1.165) is 22.8 Å². The molecular formula is C17H14N2O2. The van der Waals surface area contributed by atoms with E-state index >= 15 is 0 Å². The number of H-pyrrole nitrogens is 1. The minimum absolute atomic E-state index is 0.398. The summed E-state index contributed by atoms with van der Waals surface area (Å²) in [5, 5.41) is 0. The number of rotatable bonds is 4. The Bertz CT molecular complexity index is 746. The Balaban J connectivity index is 1.78. The fourth-order valence-electron chi connectivity index (χ4n) is 2.03. The number of aromatic nitrogens is 1. The number of nitrogens with two attached hydrogens (primary N) is 1. The molecule has 21 heavy (non-hydrogen) atoms. The molecule has 2 aromatic carbocycles. The Morgan fingerprint density at radius 3 is 2.14 bits per heavy atom. The Labute approximate surface area is 122 Å². The van der Waals surface area contributed by atoms with Gasteiger partial charge in [-0.05, 0) is 54.1 Å². The maximum Gasteiger partial charge on any atom is 0.265 e.